The smallest absolute Gasteiger partial charge is 0.264 e. The summed E-state index contributed by atoms with van der Waals surface area (Å²) < 4.78 is 0. The van der Waals surface area contributed by atoms with Crippen molar-refractivity contribution < 1.29 is 4.79 Å². The first-order chi connectivity index (χ1) is 10.2. The summed E-state index contributed by atoms with van der Waals surface area (Å²) >= 11 is 1.53. The molecule has 0 atom stereocenters. The van der Waals surface area contributed by atoms with Gasteiger partial charge in [0.25, 0.3) is 5.91 Å². The molecule has 21 heavy (non-hydrogen) atoms. The number of carbonyl (C=O) groups is 1. The van der Waals surface area contributed by atoms with Crippen LogP contribution < -0.4 is 10.6 Å². The van der Waals surface area contributed by atoms with Crippen LogP contribution in [0.3, 0.4) is 0 Å². The Morgan fingerprint density at radius 2 is 1.86 bits per heavy atom. The average Bonchev–Trinajstić information content (AvgIpc) is 2.93. The second-order valence-electron chi connectivity index (χ2n) is 5.27. The fourth-order valence-electron chi connectivity index (χ4n) is 2.66. The Kier molecular flexibility index (Phi) is 3.84. The predicted molar refractivity (Wildman–Crippen MR) is 88.0 cm³/mol. The standard InChI is InChI=1S/C16H19N3OS/c1-12-6-11-21-15(12)16(20)19-9-7-18(8-10-19)14-5-3-2-4-13(14)17/h2-6,11H,7-10,17H2,1H3. The minimum Gasteiger partial charge on any atom is -0.397 e. The van der Waals surface area contributed by atoms with E-state index in [4.69, 9.17) is 5.73 Å². The van der Waals surface area contributed by atoms with E-state index in [9.17, 15) is 4.79 Å². The molecule has 2 N–H and O–H groups in total. The summed E-state index contributed by atoms with van der Waals surface area (Å²) in [5, 5.41) is 1.98. The predicted octanol–water partition coefficient (Wildman–Crippen LogP) is 2.60. The number of rotatable bonds is 2. The third kappa shape index (κ3) is 2.74. The maximum Gasteiger partial charge on any atom is 0.264 e. The number of thiophene rings is 1. The van der Waals surface area contributed by atoms with E-state index in [0.717, 1.165) is 48.0 Å². The van der Waals surface area contributed by atoms with Gasteiger partial charge in [-0.15, -0.1) is 11.3 Å². The van der Waals surface area contributed by atoms with Crippen LogP contribution in [0.1, 0.15) is 15.2 Å². The van der Waals surface area contributed by atoms with Crippen molar-refractivity contribution in [3.8, 4) is 0 Å². The van der Waals surface area contributed by atoms with Gasteiger partial charge in [0.05, 0.1) is 16.3 Å². The molecule has 110 valence electrons. The minimum absolute atomic E-state index is 0.156. The third-order valence-corrected chi connectivity index (χ3v) is 4.91. The number of nitrogen functional groups attached to an aromatic ring is 1. The number of hydrogen-bond acceptors (Lipinski definition) is 4. The summed E-state index contributed by atoms with van der Waals surface area (Å²) in [6.07, 6.45) is 0. The SMILES string of the molecule is Cc1ccsc1C(=O)N1CCN(c2ccccc2N)CC1. The first-order valence-corrected chi connectivity index (χ1v) is 7.97. The van der Waals surface area contributed by atoms with E-state index in [1.54, 1.807) is 0 Å². The van der Waals surface area contributed by atoms with Crippen molar-refractivity contribution in [1.29, 1.82) is 0 Å². The molecule has 1 aromatic heterocycles. The molecule has 1 aromatic carbocycles. The van der Waals surface area contributed by atoms with Gasteiger partial charge in [-0.2, -0.15) is 0 Å². The molecule has 4 nitrogen and oxygen atoms in total. The highest BCUT2D eigenvalue weighted by Gasteiger charge is 2.24. The molecular formula is C16H19N3OS. The molecule has 1 aliphatic rings. The molecule has 0 saturated carbocycles. The zero-order valence-electron chi connectivity index (χ0n) is 12.1. The van der Waals surface area contributed by atoms with Gasteiger partial charge >= 0.3 is 0 Å². The Morgan fingerprint density at radius 1 is 1.14 bits per heavy atom. The largest absolute Gasteiger partial charge is 0.397 e. The topological polar surface area (TPSA) is 49.6 Å². The normalized spacial score (nSPS) is 15.3. The van der Waals surface area contributed by atoms with Crippen LogP contribution in [0.25, 0.3) is 0 Å². The molecule has 5 heteroatoms. The minimum atomic E-state index is 0.156. The van der Waals surface area contributed by atoms with Gasteiger partial charge in [-0.25, -0.2) is 0 Å². The first-order valence-electron chi connectivity index (χ1n) is 7.09. The molecule has 1 amide bonds. The van der Waals surface area contributed by atoms with Gasteiger partial charge < -0.3 is 15.5 Å². The summed E-state index contributed by atoms with van der Waals surface area (Å²) in [7, 11) is 0. The van der Waals surface area contributed by atoms with Gasteiger partial charge in [-0.3, -0.25) is 4.79 Å². The zero-order valence-corrected chi connectivity index (χ0v) is 12.9. The van der Waals surface area contributed by atoms with Gasteiger partial charge in [0, 0.05) is 26.2 Å². The third-order valence-electron chi connectivity index (χ3n) is 3.90. The Labute approximate surface area is 128 Å². The van der Waals surface area contributed by atoms with Gasteiger partial charge in [0.2, 0.25) is 0 Å². The van der Waals surface area contributed by atoms with Crippen molar-refractivity contribution in [1.82, 2.24) is 4.90 Å². The van der Waals surface area contributed by atoms with Crippen LogP contribution in [-0.4, -0.2) is 37.0 Å². The second kappa shape index (κ2) is 5.77. The van der Waals surface area contributed by atoms with Crippen LogP contribution >= 0.6 is 11.3 Å². The fourth-order valence-corrected chi connectivity index (χ4v) is 3.55. The van der Waals surface area contributed by atoms with Gasteiger partial charge in [-0.05, 0) is 36.1 Å². The monoisotopic (exact) mass is 301 g/mol. The molecule has 0 unspecified atom stereocenters. The van der Waals surface area contributed by atoms with Crippen LogP contribution in [0.2, 0.25) is 0 Å². The number of nitrogens with zero attached hydrogens (tertiary/aromatic N) is 2. The molecule has 2 aromatic rings. The maximum absolute atomic E-state index is 12.5. The number of nitrogens with two attached hydrogens (primary N) is 1. The van der Waals surface area contributed by atoms with Gasteiger partial charge in [0.1, 0.15) is 0 Å². The molecule has 2 heterocycles. The highest BCUT2D eigenvalue weighted by molar-refractivity contribution is 7.12. The number of hydrogen-bond donors (Lipinski definition) is 1. The first kappa shape index (κ1) is 13.9. The fraction of sp³-hybridized carbons (Fsp3) is 0.312. The Bertz CT molecular complexity index is 644. The molecule has 3 rings (SSSR count). The van der Waals surface area contributed by atoms with Gasteiger partial charge in [-0.1, -0.05) is 12.1 Å². The quantitative estimate of drug-likeness (QED) is 0.868. The van der Waals surface area contributed by atoms with E-state index < -0.39 is 0 Å². The number of amides is 1. The zero-order chi connectivity index (χ0) is 14.8. The van der Waals surface area contributed by atoms with Crippen molar-refractivity contribution >= 4 is 28.6 Å². The molecule has 0 radical (unpaired) electrons. The lowest BCUT2D eigenvalue weighted by atomic mass is 10.2. The van der Waals surface area contributed by atoms with Crippen LogP contribution in [0.15, 0.2) is 35.7 Å². The lowest BCUT2D eigenvalue weighted by molar-refractivity contribution is 0.0751. The van der Waals surface area contributed by atoms with Crippen molar-refractivity contribution in [2.24, 2.45) is 0 Å². The Balaban J connectivity index is 1.67. The number of benzene rings is 1. The van der Waals surface area contributed by atoms with Crippen molar-refractivity contribution in [3.63, 3.8) is 0 Å². The average molecular weight is 301 g/mol. The highest BCUT2D eigenvalue weighted by atomic mass is 32.1. The Hall–Kier alpha value is -2.01. The van der Waals surface area contributed by atoms with Crippen LogP contribution in [-0.2, 0) is 0 Å². The van der Waals surface area contributed by atoms with Crippen LogP contribution in [0.4, 0.5) is 11.4 Å². The number of carbonyl (C=O) groups excluding carboxylic acids is 1. The summed E-state index contributed by atoms with van der Waals surface area (Å²) in [4.78, 5) is 17.5. The maximum atomic E-state index is 12.5. The lowest BCUT2D eigenvalue weighted by Crippen LogP contribution is -2.48. The highest BCUT2D eigenvalue weighted by Crippen LogP contribution is 2.25. The Morgan fingerprint density at radius 3 is 2.48 bits per heavy atom. The van der Waals surface area contributed by atoms with E-state index in [2.05, 4.69) is 4.90 Å². The summed E-state index contributed by atoms with van der Waals surface area (Å²) in [6.45, 7) is 5.12. The number of para-hydroxylation sites is 2. The van der Waals surface area contributed by atoms with E-state index >= 15 is 0 Å². The van der Waals surface area contributed by atoms with Crippen LogP contribution in [0, 0.1) is 6.92 Å². The molecule has 1 fully saturated rings. The second-order valence-corrected chi connectivity index (χ2v) is 6.19. The molecule has 0 spiro atoms. The molecule has 0 aliphatic carbocycles. The molecule has 1 saturated heterocycles. The summed E-state index contributed by atoms with van der Waals surface area (Å²) in [6, 6.07) is 9.90. The van der Waals surface area contributed by atoms with Crippen molar-refractivity contribution in [2.75, 3.05) is 36.8 Å². The van der Waals surface area contributed by atoms with E-state index in [-0.39, 0.29) is 5.91 Å². The summed E-state index contributed by atoms with van der Waals surface area (Å²) in [5.74, 6) is 0.156. The van der Waals surface area contributed by atoms with Gasteiger partial charge in [0.15, 0.2) is 0 Å². The summed E-state index contributed by atoms with van der Waals surface area (Å²) in [5.41, 5.74) is 8.96. The molecule has 1 aliphatic heterocycles. The van der Waals surface area contributed by atoms with Crippen molar-refractivity contribution in [3.05, 3.63) is 46.2 Å². The molecular weight excluding hydrogens is 282 g/mol. The molecule has 0 bridgehead atoms. The number of aryl methyl sites for hydroxylation is 1. The van der Waals surface area contributed by atoms with Crippen molar-refractivity contribution in [2.45, 2.75) is 6.92 Å². The van der Waals surface area contributed by atoms with E-state index in [0.29, 0.717) is 0 Å². The van der Waals surface area contributed by atoms with E-state index in [1.807, 2.05) is 47.5 Å². The van der Waals surface area contributed by atoms with Crippen LogP contribution in [0.5, 0.6) is 0 Å². The lowest BCUT2D eigenvalue weighted by Gasteiger charge is -2.36. The number of anilines is 2. The van der Waals surface area contributed by atoms with E-state index in [1.165, 1.54) is 11.3 Å². The number of piperazine rings is 1.